The van der Waals surface area contributed by atoms with Crippen molar-refractivity contribution >= 4 is 0 Å². The lowest BCUT2D eigenvalue weighted by Gasteiger charge is -2.40. The number of hydrogen-bond donors (Lipinski definition) is 1. The summed E-state index contributed by atoms with van der Waals surface area (Å²) < 4.78 is 0. The summed E-state index contributed by atoms with van der Waals surface area (Å²) in [4.78, 5) is 2.53. The first kappa shape index (κ1) is 12.0. The molecule has 0 amide bonds. The Morgan fingerprint density at radius 2 is 1.93 bits per heavy atom. The molecule has 1 aliphatic heterocycles. The Labute approximate surface area is 88.3 Å². The summed E-state index contributed by atoms with van der Waals surface area (Å²) in [6.07, 6.45) is 2.43. The average molecular weight is 199 g/mol. The molecule has 2 unspecified atom stereocenters. The number of aliphatic hydroxyl groups excluding tert-OH is 1. The third-order valence-electron chi connectivity index (χ3n) is 3.04. The Kier molecular flexibility index (Phi) is 3.96. The van der Waals surface area contributed by atoms with Gasteiger partial charge in [-0.15, -0.1) is 0 Å². The van der Waals surface area contributed by atoms with E-state index in [1.165, 1.54) is 12.8 Å². The summed E-state index contributed by atoms with van der Waals surface area (Å²) in [5.74, 6) is 0.508. The van der Waals surface area contributed by atoms with Crippen LogP contribution in [-0.4, -0.2) is 35.7 Å². The molecule has 1 rings (SSSR count). The molecule has 84 valence electrons. The summed E-state index contributed by atoms with van der Waals surface area (Å²) in [6, 6.07) is 0.692. The topological polar surface area (TPSA) is 23.5 Å². The van der Waals surface area contributed by atoms with Crippen molar-refractivity contribution in [3.05, 3.63) is 0 Å². The zero-order chi connectivity index (χ0) is 10.8. The van der Waals surface area contributed by atoms with Gasteiger partial charge in [0.1, 0.15) is 0 Å². The lowest BCUT2D eigenvalue weighted by atomic mass is 9.89. The minimum atomic E-state index is 0.355. The number of aliphatic hydroxyl groups is 1. The van der Waals surface area contributed by atoms with Gasteiger partial charge in [0.2, 0.25) is 0 Å². The molecule has 2 heteroatoms. The van der Waals surface area contributed by atoms with Gasteiger partial charge in [-0.2, -0.15) is 0 Å². The van der Waals surface area contributed by atoms with Crippen LogP contribution in [0.25, 0.3) is 0 Å². The van der Waals surface area contributed by atoms with E-state index in [4.69, 9.17) is 5.11 Å². The normalized spacial score (nSPS) is 30.6. The van der Waals surface area contributed by atoms with E-state index in [0.717, 1.165) is 13.1 Å². The smallest absolute Gasteiger partial charge is 0.0471 e. The zero-order valence-corrected chi connectivity index (χ0v) is 10.1. The van der Waals surface area contributed by atoms with Crippen LogP contribution in [0.2, 0.25) is 0 Å². The highest BCUT2D eigenvalue weighted by Crippen LogP contribution is 2.25. The van der Waals surface area contributed by atoms with Gasteiger partial charge >= 0.3 is 0 Å². The molecular weight excluding hydrogens is 174 g/mol. The molecule has 1 saturated heterocycles. The number of rotatable bonds is 2. The van der Waals surface area contributed by atoms with E-state index >= 15 is 0 Å². The Bertz CT molecular complexity index is 174. The van der Waals surface area contributed by atoms with Gasteiger partial charge in [-0.3, -0.25) is 4.90 Å². The Balaban J connectivity index is 2.48. The van der Waals surface area contributed by atoms with E-state index in [-0.39, 0.29) is 0 Å². The van der Waals surface area contributed by atoms with Crippen LogP contribution in [0.3, 0.4) is 0 Å². The van der Waals surface area contributed by atoms with E-state index in [1.54, 1.807) is 0 Å². The number of nitrogens with zero attached hydrogens (tertiary/aromatic N) is 1. The summed E-state index contributed by atoms with van der Waals surface area (Å²) in [5, 5.41) is 9.17. The van der Waals surface area contributed by atoms with Crippen LogP contribution in [-0.2, 0) is 0 Å². The maximum atomic E-state index is 9.17. The first-order chi connectivity index (χ1) is 6.42. The van der Waals surface area contributed by atoms with E-state index < -0.39 is 0 Å². The van der Waals surface area contributed by atoms with Crippen molar-refractivity contribution in [2.45, 2.75) is 46.6 Å². The minimum Gasteiger partial charge on any atom is -0.396 e. The molecule has 0 saturated carbocycles. The van der Waals surface area contributed by atoms with Crippen LogP contribution in [0.15, 0.2) is 0 Å². The van der Waals surface area contributed by atoms with Crippen LogP contribution >= 0.6 is 0 Å². The summed E-state index contributed by atoms with van der Waals surface area (Å²) in [5.41, 5.74) is 0.367. The molecule has 2 atom stereocenters. The molecule has 14 heavy (non-hydrogen) atoms. The largest absolute Gasteiger partial charge is 0.396 e. The molecule has 0 aromatic rings. The molecule has 0 bridgehead atoms. The maximum absolute atomic E-state index is 9.17. The van der Waals surface area contributed by atoms with Gasteiger partial charge in [-0.1, -0.05) is 20.8 Å². The van der Waals surface area contributed by atoms with E-state index in [1.807, 2.05) is 0 Å². The Hall–Kier alpha value is -0.0800. The van der Waals surface area contributed by atoms with Crippen LogP contribution < -0.4 is 0 Å². The third-order valence-corrected chi connectivity index (χ3v) is 3.04. The molecule has 0 aliphatic carbocycles. The summed E-state index contributed by atoms with van der Waals surface area (Å²) in [7, 11) is 0. The molecule has 0 aromatic heterocycles. The van der Waals surface area contributed by atoms with Gasteiger partial charge in [0.05, 0.1) is 0 Å². The van der Waals surface area contributed by atoms with Gasteiger partial charge in [0.15, 0.2) is 0 Å². The average Bonchev–Trinajstić information content (AvgIpc) is 2.06. The number of hydrogen-bond acceptors (Lipinski definition) is 2. The predicted octanol–water partition coefficient (Wildman–Crippen LogP) is 2.13. The van der Waals surface area contributed by atoms with E-state index in [9.17, 15) is 0 Å². The lowest BCUT2D eigenvalue weighted by Crippen LogP contribution is -2.46. The number of piperidine rings is 1. The van der Waals surface area contributed by atoms with Crippen molar-refractivity contribution in [1.82, 2.24) is 4.90 Å². The minimum absolute atomic E-state index is 0.355. The molecule has 0 spiro atoms. The van der Waals surface area contributed by atoms with Crippen molar-refractivity contribution in [1.29, 1.82) is 0 Å². The highest BCUT2D eigenvalue weighted by atomic mass is 16.3. The van der Waals surface area contributed by atoms with Gasteiger partial charge in [-0.25, -0.2) is 0 Å². The van der Waals surface area contributed by atoms with Crippen molar-refractivity contribution in [2.75, 3.05) is 19.7 Å². The van der Waals surface area contributed by atoms with Crippen molar-refractivity contribution in [3.63, 3.8) is 0 Å². The van der Waals surface area contributed by atoms with Gasteiger partial charge in [0.25, 0.3) is 0 Å². The second kappa shape index (κ2) is 4.63. The fourth-order valence-corrected chi connectivity index (χ4v) is 2.24. The molecule has 1 aliphatic rings. The van der Waals surface area contributed by atoms with E-state index in [0.29, 0.717) is 24.0 Å². The summed E-state index contributed by atoms with van der Waals surface area (Å²) in [6.45, 7) is 11.7. The predicted molar refractivity (Wildman–Crippen MR) is 60.3 cm³/mol. The standard InChI is InChI=1S/C12H25NO/c1-10-5-6-11(8-14)7-13(10)9-12(2,3)4/h10-11,14H,5-9H2,1-4H3. The molecule has 0 radical (unpaired) electrons. The maximum Gasteiger partial charge on any atom is 0.0471 e. The second-order valence-corrected chi connectivity index (χ2v) is 5.97. The lowest BCUT2D eigenvalue weighted by molar-refractivity contribution is 0.0573. The van der Waals surface area contributed by atoms with Crippen LogP contribution in [0.5, 0.6) is 0 Å². The first-order valence-corrected chi connectivity index (χ1v) is 5.77. The van der Waals surface area contributed by atoms with Crippen LogP contribution in [0, 0.1) is 11.3 Å². The third kappa shape index (κ3) is 3.58. The highest BCUT2D eigenvalue weighted by Gasteiger charge is 2.27. The van der Waals surface area contributed by atoms with Crippen LogP contribution in [0.1, 0.15) is 40.5 Å². The molecular formula is C12H25NO. The number of likely N-dealkylation sites (tertiary alicyclic amines) is 1. The van der Waals surface area contributed by atoms with Crippen molar-refractivity contribution in [3.8, 4) is 0 Å². The SMILES string of the molecule is CC1CCC(CO)CN1CC(C)(C)C. The molecule has 1 N–H and O–H groups in total. The zero-order valence-electron chi connectivity index (χ0n) is 10.1. The molecule has 2 nitrogen and oxygen atoms in total. The molecule has 1 heterocycles. The fraction of sp³-hybridized carbons (Fsp3) is 1.00. The van der Waals surface area contributed by atoms with Gasteiger partial charge < -0.3 is 5.11 Å². The van der Waals surface area contributed by atoms with Crippen LogP contribution in [0.4, 0.5) is 0 Å². The fourth-order valence-electron chi connectivity index (χ4n) is 2.24. The quantitative estimate of drug-likeness (QED) is 0.736. The molecule has 1 fully saturated rings. The Morgan fingerprint density at radius 1 is 1.29 bits per heavy atom. The monoisotopic (exact) mass is 199 g/mol. The van der Waals surface area contributed by atoms with Gasteiger partial charge in [-0.05, 0) is 31.1 Å². The summed E-state index contributed by atoms with van der Waals surface area (Å²) >= 11 is 0. The highest BCUT2D eigenvalue weighted by molar-refractivity contribution is 4.81. The second-order valence-electron chi connectivity index (χ2n) is 5.97. The van der Waals surface area contributed by atoms with E-state index in [2.05, 4.69) is 32.6 Å². The van der Waals surface area contributed by atoms with Gasteiger partial charge in [0, 0.05) is 25.7 Å². The Morgan fingerprint density at radius 3 is 2.43 bits per heavy atom. The van der Waals surface area contributed by atoms with Crippen molar-refractivity contribution < 1.29 is 5.11 Å². The molecule has 0 aromatic carbocycles. The van der Waals surface area contributed by atoms with Crippen molar-refractivity contribution in [2.24, 2.45) is 11.3 Å². The first-order valence-electron chi connectivity index (χ1n) is 5.77.